The van der Waals surface area contributed by atoms with Crippen LogP contribution in [0, 0.1) is 37.5 Å². The number of carbonyl (C=O) groups is 2. The lowest BCUT2D eigenvalue weighted by Crippen LogP contribution is -2.34. The van der Waals surface area contributed by atoms with Gasteiger partial charge in [0.15, 0.2) is 0 Å². The normalized spacial score (nSPS) is 31.3. The number of allylic oxidation sites excluding steroid dienone is 4. The average molecular weight is 307 g/mol. The molecule has 1 aliphatic heterocycles. The summed E-state index contributed by atoms with van der Waals surface area (Å²) < 4.78 is 0. The molecule has 2 aliphatic carbocycles. The van der Waals surface area contributed by atoms with Crippen LogP contribution in [0.15, 0.2) is 41.5 Å². The summed E-state index contributed by atoms with van der Waals surface area (Å²) in [7, 11) is 0. The van der Waals surface area contributed by atoms with Crippen LogP contribution in [0.25, 0.3) is 0 Å². The van der Waals surface area contributed by atoms with Crippen LogP contribution in [-0.4, -0.2) is 11.8 Å². The number of nitrogens with zero attached hydrogens (tertiary/aromatic N) is 1. The number of rotatable bonds is 1. The summed E-state index contributed by atoms with van der Waals surface area (Å²) in [6, 6.07) is 5.81. The minimum Gasteiger partial charge on any atom is -0.274 e. The van der Waals surface area contributed by atoms with Gasteiger partial charge in [0, 0.05) is 11.8 Å². The summed E-state index contributed by atoms with van der Waals surface area (Å²) in [6.45, 7) is 8.16. The lowest BCUT2D eigenvalue weighted by molar-refractivity contribution is -0.122. The van der Waals surface area contributed by atoms with Crippen molar-refractivity contribution in [3.8, 4) is 0 Å². The molecule has 1 heterocycles. The Morgan fingerprint density at radius 2 is 1.52 bits per heavy atom. The smallest absolute Gasteiger partial charge is 0.238 e. The number of anilines is 1. The minimum absolute atomic E-state index is 0.0238. The fourth-order valence-electron chi connectivity index (χ4n) is 4.65. The van der Waals surface area contributed by atoms with Gasteiger partial charge in [0.1, 0.15) is 0 Å². The van der Waals surface area contributed by atoms with Gasteiger partial charge in [-0.25, -0.2) is 4.90 Å². The van der Waals surface area contributed by atoms with Gasteiger partial charge in [-0.3, -0.25) is 9.59 Å². The molecule has 3 heteroatoms. The van der Waals surface area contributed by atoms with Gasteiger partial charge in [-0.15, -0.1) is 0 Å². The topological polar surface area (TPSA) is 37.4 Å². The highest BCUT2D eigenvalue weighted by molar-refractivity contribution is 6.23. The van der Waals surface area contributed by atoms with Gasteiger partial charge in [-0.1, -0.05) is 35.4 Å². The Hall–Kier alpha value is -2.16. The second kappa shape index (κ2) is 4.67. The number of hydrogen-bond acceptors (Lipinski definition) is 2. The monoisotopic (exact) mass is 307 g/mol. The maximum atomic E-state index is 13.1. The van der Waals surface area contributed by atoms with Crippen molar-refractivity contribution in [2.45, 2.75) is 27.7 Å². The molecule has 4 rings (SSSR count). The summed E-state index contributed by atoms with van der Waals surface area (Å²) in [4.78, 5) is 27.6. The molecule has 2 fully saturated rings. The van der Waals surface area contributed by atoms with Crippen molar-refractivity contribution >= 4 is 17.5 Å². The van der Waals surface area contributed by atoms with Crippen LogP contribution in [0.3, 0.4) is 0 Å². The summed E-state index contributed by atoms with van der Waals surface area (Å²) >= 11 is 0. The molecule has 1 aromatic carbocycles. The van der Waals surface area contributed by atoms with Gasteiger partial charge in [-0.2, -0.15) is 0 Å². The van der Waals surface area contributed by atoms with E-state index in [1.807, 2.05) is 32.0 Å². The van der Waals surface area contributed by atoms with E-state index in [-0.39, 0.29) is 35.5 Å². The van der Waals surface area contributed by atoms with E-state index in [9.17, 15) is 9.59 Å². The van der Waals surface area contributed by atoms with Gasteiger partial charge < -0.3 is 0 Å². The molecule has 1 saturated heterocycles. The molecule has 0 aromatic heterocycles. The molecule has 4 atom stereocenters. The molecule has 1 saturated carbocycles. The van der Waals surface area contributed by atoms with Gasteiger partial charge in [0.25, 0.3) is 0 Å². The van der Waals surface area contributed by atoms with Crippen molar-refractivity contribution in [3.63, 3.8) is 0 Å². The van der Waals surface area contributed by atoms with Crippen LogP contribution in [0.5, 0.6) is 0 Å². The average Bonchev–Trinajstić information content (AvgIpc) is 3.13. The number of amides is 2. The Bertz CT molecular complexity index is 764. The summed E-state index contributed by atoms with van der Waals surface area (Å²) in [5.74, 6) is -0.235. The van der Waals surface area contributed by atoms with E-state index >= 15 is 0 Å². The summed E-state index contributed by atoms with van der Waals surface area (Å²) in [5.41, 5.74) is 5.41. The van der Waals surface area contributed by atoms with Crippen LogP contribution in [0.1, 0.15) is 25.0 Å². The molecule has 0 unspecified atom stereocenters. The Morgan fingerprint density at radius 1 is 0.957 bits per heavy atom. The number of carbonyl (C=O) groups excluding carboxylic acids is 2. The first-order valence-electron chi connectivity index (χ1n) is 8.23. The van der Waals surface area contributed by atoms with Gasteiger partial charge in [0.05, 0.1) is 17.5 Å². The van der Waals surface area contributed by atoms with E-state index in [2.05, 4.69) is 26.0 Å². The molecule has 23 heavy (non-hydrogen) atoms. The highest BCUT2D eigenvalue weighted by Gasteiger charge is 2.62. The summed E-state index contributed by atoms with van der Waals surface area (Å²) in [6.07, 6.45) is 4.26. The number of aryl methyl sites for hydroxylation is 1. The van der Waals surface area contributed by atoms with Crippen molar-refractivity contribution < 1.29 is 9.59 Å². The minimum atomic E-state index is -0.206. The standard InChI is InChI=1S/C20H21NO2/c1-10(2)16-13-8-9-14(16)18-17(13)19(22)21(20(18)23)15-7-5-6-11(3)12(15)4/h5-9,13-14,17-18H,1-4H3/t13-,14+,17+,18-. The Labute approximate surface area is 136 Å². The van der Waals surface area contributed by atoms with Crippen LogP contribution in [0.2, 0.25) is 0 Å². The van der Waals surface area contributed by atoms with E-state index in [4.69, 9.17) is 0 Å². The first-order valence-corrected chi connectivity index (χ1v) is 8.23. The largest absolute Gasteiger partial charge is 0.274 e. The Kier molecular flexibility index (Phi) is 2.93. The number of hydrogen-bond donors (Lipinski definition) is 0. The molecule has 0 spiro atoms. The predicted molar refractivity (Wildman–Crippen MR) is 89.9 cm³/mol. The maximum absolute atomic E-state index is 13.1. The molecule has 2 amide bonds. The van der Waals surface area contributed by atoms with E-state index in [0.29, 0.717) is 0 Å². The third-order valence-corrected chi connectivity index (χ3v) is 5.81. The lowest BCUT2D eigenvalue weighted by Gasteiger charge is -2.21. The molecule has 0 radical (unpaired) electrons. The highest BCUT2D eigenvalue weighted by atomic mass is 16.2. The van der Waals surface area contributed by atoms with Crippen molar-refractivity contribution in [2.75, 3.05) is 4.90 Å². The van der Waals surface area contributed by atoms with Crippen LogP contribution in [0.4, 0.5) is 5.69 Å². The second-order valence-electron chi connectivity index (χ2n) is 7.17. The van der Waals surface area contributed by atoms with Crippen molar-refractivity contribution in [3.05, 3.63) is 52.6 Å². The number of benzene rings is 1. The van der Waals surface area contributed by atoms with Crippen molar-refractivity contribution in [1.29, 1.82) is 0 Å². The Balaban J connectivity index is 1.80. The number of fused-ring (bicyclic) bond motifs is 5. The predicted octanol–water partition coefficient (Wildman–Crippen LogP) is 3.56. The molecule has 1 aromatic rings. The number of imide groups is 1. The fourth-order valence-corrected chi connectivity index (χ4v) is 4.65. The van der Waals surface area contributed by atoms with Gasteiger partial charge >= 0.3 is 0 Å². The van der Waals surface area contributed by atoms with E-state index in [0.717, 1.165) is 16.8 Å². The molecule has 3 nitrogen and oxygen atoms in total. The third-order valence-electron chi connectivity index (χ3n) is 5.81. The maximum Gasteiger partial charge on any atom is 0.238 e. The molecule has 0 N–H and O–H groups in total. The molecular formula is C20H21NO2. The SMILES string of the molecule is CC(C)=C1[C@H]2C=C[C@@H]1[C@H]1C(=O)N(c3cccc(C)c3C)C(=O)[C@H]12. The van der Waals surface area contributed by atoms with Crippen molar-refractivity contribution in [2.24, 2.45) is 23.7 Å². The quantitative estimate of drug-likeness (QED) is 0.587. The van der Waals surface area contributed by atoms with Crippen LogP contribution < -0.4 is 4.90 Å². The van der Waals surface area contributed by atoms with Crippen molar-refractivity contribution in [1.82, 2.24) is 0 Å². The Morgan fingerprint density at radius 3 is 2.04 bits per heavy atom. The van der Waals surface area contributed by atoms with Gasteiger partial charge in [-0.05, 0) is 44.9 Å². The van der Waals surface area contributed by atoms with E-state index in [1.54, 1.807) is 0 Å². The van der Waals surface area contributed by atoms with E-state index < -0.39 is 0 Å². The zero-order valence-electron chi connectivity index (χ0n) is 14.0. The zero-order chi connectivity index (χ0) is 16.5. The van der Waals surface area contributed by atoms with E-state index in [1.165, 1.54) is 16.0 Å². The third kappa shape index (κ3) is 1.71. The molecule has 2 bridgehead atoms. The first-order chi connectivity index (χ1) is 10.9. The fraction of sp³-hybridized carbons (Fsp3) is 0.400. The second-order valence-corrected chi connectivity index (χ2v) is 7.17. The summed E-state index contributed by atoms with van der Waals surface area (Å²) in [5, 5.41) is 0. The highest BCUT2D eigenvalue weighted by Crippen LogP contribution is 2.57. The lowest BCUT2D eigenvalue weighted by atomic mass is 9.85. The first kappa shape index (κ1) is 14.4. The zero-order valence-corrected chi connectivity index (χ0v) is 14.0. The van der Waals surface area contributed by atoms with Crippen LogP contribution >= 0.6 is 0 Å². The molecule has 118 valence electrons. The molecular weight excluding hydrogens is 286 g/mol. The van der Waals surface area contributed by atoms with Crippen LogP contribution in [-0.2, 0) is 9.59 Å². The van der Waals surface area contributed by atoms with Gasteiger partial charge in [0.2, 0.25) is 11.8 Å². The molecule has 3 aliphatic rings.